The standard InChI is InChI=1S/C7H12N2.C2HF3O2/c1-7(5-8)3-2-4-9-6-7;3-2(4,5)1(6)7/h9H,2-4,6H2,1H3;(H,6,7). The van der Waals surface area contributed by atoms with E-state index in [1.54, 1.807) is 0 Å². The molecule has 0 spiro atoms. The van der Waals surface area contributed by atoms with Crippen LogP contribution in [0.5, 0.6) is 0 Å². The fourth-order valence-electron chi connectivity index (χ4n) is 1.15. The molecule has 0 amide bonds. The summed E-state index contributed by atoms with van der Waals surface area (Å²) in [5.41, 5.74) is -0.0851. The molecule has 1 aliphatic rings. The Morgan fingerprint density at radius 2 is 2.06 bits per heavy atom. The van der Waals surface area contributed by atoms with Gasteiger partial charge in [-0.1, -0.05) is 0 Å². The summed E-state index contributed by atoms with van der Waals surface area (Å²) in [5.74, 6) is -2.76. The number of carboxylic acids is 1. The Labute approximate surface area is 91.1 Å². The lowest BCUT2D eigenvalue weighted by Crippen LogP contribution is -2.36. The van der Waals surface area contributed by atoms with Crippen LogP contribution in [-0.2, 0) is 4.79 Å². The summed E-state index contributed by atoms with van der Waals surface area (Å²) in [5, 5.41) is 19.0. The summed E-state index contributed by atoms with van der Waals surface area (Å²) in [4.78, 5) is 8.90. The number of nitriles is 1. The van der Waals surface area contributed by atoms with E-state index in [0.717, 1.165) is 25.9 Å². The number of halogens is 3. The van der Waals surface area contributed by atoms with Gasteiger partial charge >= 0.3 is 12.1 Å². The van der Waals surface area contributed by atoms with E-state index >= 15 is 0 Å². The molecule has 0 bridgehead atoms. The van der Waals surface area contributed by atoms with Crippen molar-refractivity contribution >= 4 is 5.97 Å². The van der Waals surface area contributed by atoms with Crippen molar-refractivity contribution in [2.75, 3.05) is 13.1 Å². The molecule has 2 N–H and O–H groups in total. The van der Waals surface area contributed by atoms with E-state index in [2.05, 4.69) is 11.4 Å². The van der Waals surface area contributed by atoms with Crippen molar-refractivity contribution in [2.45, 2.75) is 25.9 Å². The molecule has 0 aliphatic carbocycles. The highest BCUT2D eigenvalue weighted by Crippen LogP contribution is 2.23. The zero-order chi connectivity index (χ0) is 12.8. The molecule has 7 heteroatoms. The van der Waals surface area contributed by atoms with Crippen LogP contribution in [0.2, 0.25) is 0 Å². The van der Waals surface area contributed by atoms with Gasteiger partial charge in [0, 0.05) is 6.54 Å². The second-order valence-corrected chi connectivity index (χ2v) is 3.76. The van der Waals surface area contributed by atoms with Crippen molar-refractivity contribution < 1.29 is 23.1 Å². The maximum absolute atomic E-state index is 10.6. The highest BCUT2D eigenvalue weighted by atomic mass is 19.4. The van der Waals surface area contributed by atoms with Crippen molar-refractivity contribution in [1.82, 2.24) is 5.32 Å². The van der Waals surface area contributed by atoms with Crippen LogP contribution in [0.15, 0.2) is 0 Å². The molecule has 0 aromatic carbocycles. The number of nitrogens with one attached hydrogen (secondary N) is 1. The van der Waals surface area contributed by atoms with Gasteiger partial charge in [0.05, 0.1) is 11.5 Å². The van der Waals surface area contributed by atoms with E-state index in [9.17, 15) is 13.2 Å². The first kappa shape index (κ1) is 14.7. The molecular formula is C9H13F3N2O2. The Morgan fingerprint density at radius 1 is 1.56 bits per heavy atom. The number of hydrogen-bond acceptors (Lipinski definition) is 3. The predicted octanol–water partition coefficient (Wildman–Crippen LogP) is 1.53. The van der Waals surface area contributed by atoms with E-state index in [1.807, 2.05) is 6.92 Å². The lowest BCUT2D eigenvalue weighted by Gasteiger charge is -2.26. The normalized spacial score (nSPS) is 24.9. The number of alkyl halides is 3. The Hall–Kier alpha value is -1.29. The first-order chi connectivity index (χ1) is 7.21. The number of rotatable bonds is 0. The maximum atomic E-state index is 10.6. The quantitative estimate of drug-likeness (QED) is 0.671. The van der Waals surface area contributed by atoms with Gasteiger partial charge in [0.2, 0.25) is 0 Å². The number of carboxylic acid groups (broad SMARTS) is 1. The highest BCUT2D eigenvalue weighted by molar-refractivity contribution is 5.73. The van der Waals surface area contributed by atoms with Crippen molar-refractivity contribution in [2.24, 2.45) is 5.41 Å². The predicted molar refractivity (Wildman–Crippen MR) is 49.5 cm³/mol. The number of carbonyl (C=O) groups is 1. The summed E-state index contributed by atoms with van der Waals surface area (Å²) in [7, 11) is 0. The number of piperidine rings is 1. The lowest BCUT2D eigenvalue weighted by atomic mass is 9.85. The average Bonchev–Trinajstić information content (AvgIpc) is 2.18. The topological polar surface area (TPSA) is 73.1 Å². The maximum Gasteiger partial charge on any atom is 0.490 e. The number of aliphatic carboxylic acids is 1. The molecule has 1 rings (SSSR count). The van der Waals surface area contributed by atoms with E-state index in [0.29, 0.717) is 0 Å². The van der Waals surface area contributed by atoms with Gasteiger partial charge in [0.25, 0.3) is 0 Å². The first-order valence-electron chi connectivity index (χ1n) is 4.63. The molecule has 1 atom stereocenters. The van der Waals surface area contributed by atoms with Crippen LogP contribution < -0.4 is 5.32 Å². The summed E-state index contributed by atoms with van der Waals surface area (Å²) < 4.78 is 31.7. The van der Waals surface area contributed by atoms with Crippen LogP contribution in [-0.4, -0.2) is 30.3 Å². The molecule has 0 saturated carbocycles. The molecule has 0 radical (unpaired) electrons. The van der Waals surface area contributed by atoms with Crippen LogP contribution in [0.3, 0.4) is 0 Å². The van der Waals surface area contributed by atoms with Crippen molar-refractivity contribution in [3.8, 4) is 6.07 Å². The second-order valence-electron chi connectivity index (χ2n) is 3.76. The van der Waals surface area contributed by atoms with Crippen LogP contribution in [0.1, 0.15) is 19.8 Å². The minimum absolute atomic E-state index is 0.0851. The largest absolute Gasteiger partial charge is 0.490 e. The molecule has 1 heterocycles. The monoisotopic (exact) mass is 238 g/mol. The fourth-order valence-corrected chi connectivity index (χ4v) is 1.15. The van der Waals surface area contributed by atoms with Crippen LogP contribution >= 0.6 is 0 Å². The minimum atomic E-state index is -5.08. The fraction of sp³-hybridized carbons (Fsp3) is 0.778. The van der Waals surface area contributed by atoms with Crippen LogP contribution in [0, 0.1) is 16.7 Å². The zero-order valence-electron chi connectivity index (χ0n) is 8.76. The molecule has 16 heavy (non-hydrogen) atoms. The molecule has 0 aromatic rings. The Kier molecular flexibility index (Phi) is 5.24. The molecule has 92 valence electrons. The first-order valence-corrected chi connectivity index (χ1v) is 4.63. The van der Waals surface area contributed by atoms with Gasteiger partial charge in [0.15, 0.2) is 0 Å². The van der Waals surface area contributed by atoms with Crippen LogP contribution in [0.4, 0.5) is 13.2 Å². The average molecular weight is 238 g/mol. The number of hydrogen-bond donors (Lipinski definition) is 2. The van der Waals surface area contributed by atoms with Gasteiger partial charge in [-0.25, -0.2) is 4.79 Å². The molecule has 1 unspecified atom stereocenters. The van der Waals surface area contributed by atoms with E-state index in [4.69, 9.17) is 15.2 Å². The van der Waals surface area contributed by atoms with E-state index in [-0.39, 0.29) is 5.41 Å². The third kappa shape index (κ3) is 5.56. The van der Waals surface area contributed by atoms with Gasteiger partial charge in [-0.15, -0.1) is 0 Å². The summed E-state index contributed by atoms with van der Waals surface area (Å²) in [6.45, 7) is 3.96. The second kappa shape index (κ2) is 5.70. The van der Waals surface area contributed by atoms with Gasteiger partial charge in [0.1, 0.15) is 0 Å². The Morgan fingerprint density at radius 3 is 2.25 bits per heavy atom. The zero-order valence-corrected chi connectivity index (χ0v) is 8.76. The third-order valence-electron chi connectivity index (χ3n) is 2.11. The van der Waals surface area contributed by atoms with Gasteiger partial charge < -0.3 is 10.4 Å². The lowest BCUT2D eigenvalue weighted by molar-refractivity contribution is -0.192. The summed E-state index contributed by atoms with van der Waals surface area (Å²) in [6.07, 6.45) is -2.89. The van der Waals surface area contributed by atoms with Gasteiger partial charge in [-0.05, 0) is 26.3 Å². The highest BCUT2D eigenvalue weighted by Gasteiger charge is 2.38. The molecule has 1 fully saturated rings. The molecule has 1 saturated heterocycles. The minimum Gasteiger partial charge on any atom is -0.475 e. The van der Waals surface area contributed by atoms with E-state index < -0.39 is 12.1 Å². The Balaban J connectivity index is 0.000000293. The van der Waals surface area contributed by atoms with Crippen molar-refractivity contribution in [3.63, 3.8) is 0 Å². The van der Waals surface area contributed by atoms with Gasteiger partial charge in [-0.3, -0.25) is 0 Å². The van der Waals surface area contributed by atoms with Gasteiger partial charge in [-0.2, -0.15) is 18.4 Å². The molecular weight excluding hydrogens is 225 g/mol. The molecule has 0 aromatic heterocycles. The Bertz CT molecular complexity index is 277. The molecule has 4 nitrogen and oxygen atoms in total. The SMILES string of the molecule is CC1(C#N)CCCNC1.O=C(O)C(F)(F)F. The van der Waals surface area contributed by atoms with E-state index in [1.165, 1.54) is 0 Å². The summed E-state index contributed by atoms with van der Waals surface area (Å²) in [6, 6.07) is 2.32. The third-order valence-corrected chi connectivity index (χ3v) is 2.11. The van der Waals surface area contributed by atoms with Crippen molar-refractivity contribution in [1.29, 1.82) is 5.26 Å². The van der Waals surface area contributed by atoms with Crippen molar-refractivity contribution in [3.05, 3.63) is 0 Å². The summed E-state index contributed by atoms with van der Waals surface area (Å²) >= 11 is 0. The smallest absolute Gasteiger partial charge is 0.475 e. The number of nitrogens with zero attached hydrogens (tertiary/aromatic N) is 1. The molecule has 1 aliphatic heterocycles. The van der Waals surface area contributed by atoms with Crippen LogP contribution in [0.25, 0.3) is 0 Å².